The summed E-state index contributed by atoms with van der Waals surface area (Å²) in [7, 11) is 0. The van der Waals surface area contributed by atoms with E-state index in [2.05, 4.69) is 5.32 Å². The molecule has 1 atom stereocenters. The first-order valence-corrected chi connectivity index (χ1v) is 6.58. The van der Waals surface area contributed by atoms with Crippen LogP contribution in [0.4, 0.5) is 9.18 Å². The maximum Gasteiger partial charge on any atom is 0.318 e. The number of imide groups is 1. The number of ether oxygens (including phenoxy) is 1. The van der Waals surface area contributed by atoms with Gasteiger partial charge in [-0.15, -0.1) is 0 Å². The number of carbonyl (C=O) groups excluding carboxylic acids is 2. The summed E-state index contributed by atoms with van der Waals surface area (Å²) in [5.74, 6) is -0.677. The minimum absolute atomic E-state index is 0.219. The quantitative estimate of drug-likeness (QED) is 0.737. The van der Waals surface area contributed by atoms with Gasteiger partial charge in [0.25, 0.3) is 5.91 Å². The molecule has 1 unspecified atom stereocenters. The number of urea groups is 1. The lowest BCUT2D eigenvalue weighted by atomic mass is 10.2. The Morgan fingerprint density at radius 1 is 1.33 bits per heavy atom. The van der Waals surface area contributed by atoms with Gasteiger partial charge >= 0.3 is 6.03 Å². The highest BCUT2D eigenvalue weighted by Crippen LogP contribution is 2.21. The molecule has 0 bridgehead atoms. The smallest absolute Gasteiger partial charge is 0.318 e. The molecule has 0 spiro atoms. The number of rotatable bonds is 6. The molecule has 3 amide bonds. The van der Waals surface area contributed by atoms with Crippen molar-refractivity contribution in [3.63, 3.8) is 0 Å². The van der Waals surface area contributed by atoms with Crippen molar-refractivity contribution in [1.29, 1.82) is 0 Å². The summed E-state index contributed by atoms with van der Waals surface area (Å²) in [5, 5.41) is 5.07. The first-order chi connectivity index (χ1) is 9.79. The summed E-state index contributed by atoms with van der Waals surface area (Å²) >= 11 is 0. The van der Waals surface area contributed by atoms with Crippen LogP contribution in [-0.2, 0) is 11.3 Å². The van der Waals surface area contributed by atoms with Gasteiger partial charge in [0.05, 0.1) is 0 Å². The van der Waals surface area contributed by atoms with Crippen LogP contribution in [0.3, 0.4) is 0 Å². The van der Waals surface area contributed by atoms with Gasteiger partial charge in [0.2, 0.25) is 0 Å². The Labute approximate surface area is 122 Å². The lowest BCUT2D eigenvalue weighted by Gasteiger charge is -2.17. The van der Waals surface area contributed by atoms with Gasteiger partial charge in [0.1, 0.15) is 11.6 Å². The van der Waals surface area contributed by atoms with Crippen LogP contribution in [-0.4, -0.2) is 24.1 Å². The van der Waals surface area contributed by atoms with Gasteiger partial charge in [-0.05, 0) is 25.1 Å². The van der Waals surface area contributed by atoms with Gasteiger partial charge in [0.15, 0.2) is 6.10 Å². The summed E-state index contributed by atoms with van der Waals surface area (Å²) in [4.78, 5) is 22.2. The molecular formula is C14H20FN3O3. The van der Waals surface area contributed by atoms with Gasteiger partial charge in [-0.3, -0.25) is 10.1 Å². The lowest BCUT2D eigenvalue weighted by molar-refractivity contribution is -0.126. The van der Waals surface area contributed by atoms with Crippen molar-refractivity contribution in [2.24, 2.45) is 5.73 Å². The number of carbonyl (C=O) groups is 2. The Balaban J connectivity index is 2.81. The second-order valence-corrected chi connectivity index (χ2v) is 4.90. The number of halogens is 1. The number of primary amides is 1. The summed E-state index contributed by atoms with van der Waals surface area (Å²) in [5.41, 5.74) is 5.45. The number of benzene rings is 1. The zero-order valence-corrected chi connectivity index (χ0v) is 12.3. The molecule has 1 rings (SSSR count). The van der Waals surface area contributed by atoms with E-state index in [9.17, 15) is 14.0 Å². The summed E-state index contributed by atoms with van der Waals surface area (Å²) < 4.78 is 18.8. The highest BCUT2D eigenvalue weighted by atomic mass is 19.1. The molecule has 0 radical (unpaired) electrons. The number of hydrogen-bond donors (Lipinski definition) is 3. The SMILES string of the molecule is CC(C)NCc1cc(F)ccc1OC(C)C(=O)NC(N)=O. The molecular weight excluding hydrogens is 277 g/mol. The maximum atomic E-state index is 13.3. The Morgan fingerprint density at radius 2 is 2.00 bits per heavy atom. The van der Waals surface area contributed by atoms with E-state index in [1.54, 1.807) is 0 Å². The molecule has 116 valence electrons. The third-order valence-electron chi connectivity index (χ3n) is 2.64. The molecule has 6 nitrogen and oxygen atoms in total. The fourth-order valence-electron chi connectivity index (χ4n) is 1.58. The van der Waals surface area contributed by atoms with E-state index in [0.29, 0.717) is 17.9 Å². The van der Waals surface area contributed by atoms with Gasteiger partial charge in [-0.2, -0.15) is 0 Å². The Bertz CT molecular complexity index is 520. The third kappa shape index (κ3) is 5.78. The van der Waals surface area contributed by atoms with Crippen LogP contribution in [0, 0.1) is 5.82 Å². The maximum absolute atomic E-state index is 13.3. The van der Waals surface area contributed by atoms with Crippen molar-refractivity contribution in [2.45, 2.75) is 39.5 Å². The van der Waals surface area contributed by atoms with Gasteiger partial charge < -0.3 is 15.8 Å². The molecule has 21 heavy (non-hydrogen) atoms. The predicted octanol–water partition coefficient (Wildman–Crippen LogP) is 1.29. The van der Waals surface area contributed by atoms with E-state index in [-0.39, 0.29) is 6.04 Å². The standard InChI is InChI=1S/C14H20FN3O3/c1-8(2)17-7-10-6-11(15)4-5-12(10)21-9(3)13(19)18-14(16)20/h4-6,8-9,17H,7H2,1-3H3,(H3,16,18,19,20). The van der Waals surface area contributed by atoms with Crippen molar-refractivity contribution >= 4 is 11.9 Å². The van der Waals surface area contributed by atoms with Crippen molar-refractivity contribution in [1.82, 2.24) is 10.6 Å². The zero-order valence-electron chi connectivity index (χ0n) is 12.3. The van der Waals surface area contributed by atoms with E-state index in [0.717, 1.165) is 0 Å². The van der Waals surface area contributed by atoms with Crippen LogP contribution in [0.25, 0.3) is 0 Å². The zero-order chi connectivity index (χ0) is 16.0. The van der Waals surface area contributed by atoms with Crippen LogP contribution >= 0.6 is 0 Å². The molecule has 1 aromatic rings. The first-order valence-electron chi connectivity index (χ1n) is 6.58. The molecule has 7 heteroatoms. The molecule has 0 heterocycles. The Morgan fingerprint density at radius 3 is 2.57 bits per heavy atom. The van der Waals surface area contributed by atoms with Crippen LogP contribution in [0.15, 0.2) is 18.2 Å². The highest BCUT2D eigenvalue weighted by Gasteiger charge is 2.18. The van der Waals surface area contributed by atoms with E-state index in [4.69, 9.17) is 10.5 Å². The van der Waals surface area contributed by atoms with E-state index in [1.165, 1.54) is 25.1 Å². The van der Waals surface area contributed by atoms with E-state index >= 15 is 0 Å². The average Bonchev–Trinajstić information content (AvgIpc) is 2.37. The molecule has 4 N–H and O–H groups in total. The minimum atomic E-state index is -0.948. The molecule has 0 saturated carbocycles. The monoisotopic (exact) mass is 297 g/mol. The van der Waals surface area contributed by atoms with Crippen LogP contribution in [0.5, 0.6) is 5.75 Å². The third-order valence-corrected chi connectivity index (χ3v) is 2.64. The average molecular weight is 297 g/mol. The fourth-order valence-corrected chi connectivity index (χ4v) is 1.58. The van der Waals surface area contributed by atoms with Crippen LogP contribution < -0.4 is 21.1 Å². The van der Waals surface area contributed by atoms with E-state index in [1.807, 2.05) is 19.2 Å². The van der Waals surface area contributed by atoms with E-state index < -0.39 is 23.9 Å². The summed E-state index contributed by atoms with van der Waals surface area (Å²) in [6, 6.07) is 3.30. The second kappa shape index (κ2) is 7.58. The molecule has 0 saturated heterocycles. The first kappa shape index (κ1) is 16.9. The Hall–Kier alpha value is -2.15. The van der Waals surface area contributed by atoms with Gasteiger partial charge in [-0.1, -0.05) is 13.8 Å². The molecule has 0 aliphatic carbocycles. The topological polar surface area (TPSA) is 93.4 Å². The minimum Gasteiger partial charge on any atom is -0.481 e. The Kier molecular flexibility index (Phi) is 6.10. The molecule has 0 aliphatic rings. The van der Waals surface area contributed by atoms with Crippen molar-refractivity contribution in [3.8, 4) is 5.75 Å². The summed E-state index contributed by atoms with van der Waals surface area (Å²) in [6.07, 6.45) is -0.930. The van der Waals surface area contributed by atoms with Gasteiger partial charge in [0, 0.05) is 18.2 Å². The molecule has 0 aliphatic heterocycles. The molecule has 0 aromatic heterocycles. The molecule has 0 fully saturated rings. The van der Waals surface area contributed by atoms with Gasteiger partial charge in [-0.25, -0.2) is 9.18 Å². The summed E-state index contributed by atoms with van der Waals surface area (Å²) in [6.45, 7) is 5.79. The number of hydrogen-bond acceptors (Lipinski definition) is 4. The van der Waals surface area contributed by atoms with Crippen LogP contribution in [0.1, 0.15) is 26.3 Å². The number of nitrogens with one attached hydrogen (secondary N) is 2. The fraction of sp³-hybridized carbons (Fsp3) is 0.429. The second-order valence-electron chi connectivity index (χ2n) is 4.90. The van der Waals surface area contributed by atoms with Crippen LogP contribution in [0.2, 0.25) is 0 Å². The molecule has 1 aromatic carbocycles. The van der Waals surface area contributed by atoms with Crippen molar-refractivity contribution in [2.75, 3.05) is 0 Å². The number of amides is 3. The highest BCUT2D eigenvalue weighted by molar-refractivity contribution is 5.95. The van der Waals surface area contributed by atoms with Crippen molar-refractivity contribution < 1.29 is 18.7 Å². The number of nitrogens with two attached hydrogens (primary N) is 1. The van der Waals surface area contributed by atoms with Crippen molar-refractivity contribution in [3.05, 3.63) is 29.6 Å². The largest absolute Gasteiger partial charge is 0.481 e. The predicted molar refractivity (Wildman–Crippen MR) is 76.2 cm³/mol. The lowest BCUT2D eigenvalue weighted by Crippen LogP contribution is -2.42. The normalized spacial score (nSPS) is 12.0.